The van der Waals surface area contributed by atoms with Crippen LogP contribution in [0.25, 0.3) is 0 Å². The van der Waals surface area contributed by atoms with Crippen LogP contribution in [0.2, 0.25) is 0 Å². The van der Waals surface area contributed by atoms with Gasteiger partial charge in [0.1, 0.15) is 5.75 Å². The number of hydrogen-bond donors (Lipinski definition) is 2. The van der Waals surface area contributed by atoms with Gasteiger partial charge in [0.05, 0.1) is 18.5 Å². The molecule has 1 aromatic rings. The molecular weight excluding hydrogens is 200 g/mol. The Morgan fingerprint density at radius 3 is 2.88 bits per heavy atom. The number of rotatable bonds is 3. The predicted molar refractivity (Wildman–Crippen MR) is 68.3 cm³/mol. The zero-order valence-electron chi connectivity index (χ0n) is 10.2. The maximum atomic E-state index is 5.23. The van der Waals surface area contributed by atoms with Crippen LogP contribution in [0, 0.1) is 5.92 Å². The fourth-order valence-electron chi connectivity index (χ4n) is 2.14. The highest BCUT2D eigenvalue weighted by Crippen LogP contribution is 2.31. The van der Waals surface area contributed by atoms with Crippen molar-refractivity contribution in [3.63, 3.8) is 0 Å². The number of hydrogen-bond acceptors (Lipinski definition) is 3. The first-order valence-electron chi connectivity index (χ1n) is 5.87. The Morgan fingerprint density at radius 1 is 1.38 bits per heavy atom. The van der Waals surface area contributed by atoms with Crippen LogP contribution in [0.3, 0.4) is 0 Å². The van der Waals surface area contributed by atoms with Crippen molar-refractivity contribution in [2.45, 2.75) is 26.3 Å². The molecule has 0 aromatic heterocycles. The van der Waals surface area contributed by atoms with E-state index in [9.17, 15) is 0 Å². The summed E-state index contributed by atoms with van der Waals surface area (Å²) in [6.07, 6.45) is 1.18. The van der Waals surface area contributed by atoms with Crippen LogP contribution in [0.4, 0.5) is 11.4 Å². The molecule has 3 nitrogen and oxygen atoms in total. The van der Waals surface area contributed by atoms with Gasteiger partial charge < -0.3 is 15.4 Å². The van der Waals surface area contributed by atoms with Gasteiger partial charge >= 0.3 is 0 Å². The molecule has 0 radical (unpaired) electrons. The molecule has 0 fully saturated rings. The minimum Gasteiger partial charge on any atom is -0.497 e. The first kappa shape index (κ1) is 11.1. The highest BCUT2D eigenvalue weighted by atomic mass is 16.5. The summed E-state index contributed by atoms with van der Waals surface area (Å²) in [6, 6.07) is 6.61. The lowest BCUT2D eigenvalue weighted by atomic mass is 10.0. The van der Waals surface area contributed by atoms with Gasteiger partial charge in [-0.2, -0.15) is 0 Å². The molecule has 0 aliphatic carbocycles. The van der Waals surface area contributed by atoms with Crippen molar-refractivity contribution in [2.75, 3.05) is 24.3 Å². The molecule has 2 rings (SSSR count). The van der Waals surface area contributed by atoms with Crippen LogP contribution in [0.15, 0.2) is 18.2 Å². The Hall–Kier alpha value is -1.38. The quantitative estimate of drug-likeness (QED) is 0.821. The molecule has 1 aromatic carbocycles. The molecule has 1 aliphatic heterocycles. The zero-order valence-corrected chi connectivity index (χ0v) is 10.2. The van der Waals surface area contributed by atoms with E-state index in [1.807, 2.05) is 6.07 Å². The van der Waals surface area contributed by atoms with Crippen LogP contribution < -0.4 is 15.4 Å². The predicted octanol–water partition coefficient (Wildman–Crippen LogP) is 2.95. The summed E-state index contributed by atoms with van der Waals surface area (Å²) in [5.41, 5.74) is 2.32. The highest BCUT2D eigenvalue weighted by molar-refractivity contribution is 5.73. The summed E-state index contributed by atoms with van der Waals surface area (Å²) in [6.45, 7) is 5.50. The molecular formula is C13H20N2O. The summed E-state index contributed by atoms with van der Waals surface area (Å²) >= 11 is 0. The van der Waals surface area contributed by atoms with E-state index < -0.39 is 0 Å². The normalized spacial score (nSPS) is 18.6. The number of fused-ring (bicyclic) bond motifs is 1. The summed E-state index contributed by atoms with van der Waals surface area (Å²) in [7, 11) is 1.70. The zero-order chi connectivity index (χ0) is 11.5. The summed E-state index contributed by atoms with van der Waals surface area (Å²) in [5, 5.41) is 7.01. The maximum absolute atomic E-state index is 5.23. The topological polar surface area (TPSA) is 33.3 Å². The van der Waals surface area contributed by atoms with Gasteiger partial charge in [0.15, 0.2) is 0 Å². The van der Waals surface area contributed by atoms with Gasteiger partial charge in [-0.1, -0.05) is 13.8 Å². The van der Waals surface area contributed by atoms with E-state index in [1.54, 1.807) is 7.11 Å². The largest absolute Gasteiger partial charge is 0.497 e. The lowest BCUT2D eigenvalue weighted by Crippen LogP contribution is -2.33. The molecule has 0 saturated heterocycles. The van der Waals surface area contributed by atoms with Crippen LogP contribution in [-0.2, 0) is 0 Å². The smallest absolute Gasteiger partial charge is 0.121 e. The Kier molecular flexibility index (Phi) is 3.22. The van der Waals surface area contributed by atoms with Crippen molar-refractivity contribution >= 4 is 11.4 Å². The van der Waals surface area contributed by atoms with Gasteiger partial charge in [-0.25, -0.2) is 0 Å². The molecule has 88 valence electrons. The molecule has 1 aliphatic rings. The molecule has 1 unspecified atom stereocenters. The third-order valence-corrected chi connectivity index (χ3v) is 2.88. The molecule has 0 bridgehead atoms. The van der Waals surface area contributed by atoms with Crippen molar-refractivity contribution in [1.29, 1.82) is 0 Å². The Balaban J connectivity index is 2.12. The van der Waals surface area contributed by atoms with Crippen LogP contribution in [-0.4, -0.2) is 19.7 Å². The summed E-state index contributed by atoms with van der Waals surface area (Å²) in [4.78, 5) is 0. The molecule has 1 atom stereocenters. The summed E-state index contributed by atoms with van der Waals surface area (Å²) < 4.78 is 5.23. The lowest BCUT2D eigenvalue weighted by molar-refractivity contribution is 0.415. The lowest BCUT2D eigenvalue weighted by Gasteiger charge is -2.29. The second-order valence-corrected chi connectivity index (χ2v) is 4.76. The van der Waals surface area contributed by atoms with Crippen molar-refractivity contribution in [3.8, 4) is 5.75 Å². The van der Waals surface area contributed by atoms with Gasteiger partial charge in [-0.05, 0) is 24.5 Å². The van der Waals surface area contributed by atoms with E-state index in [0.717, 1.165) is 18.0 Å². The Morgan fingerprint density at radius 2 is 2.19 bits per heavy atom. The molecule has 0 saturated carbocycles. The number of ether oxygens (including phenoxy) is 1. The average Bonchev–Trinajstić information content (AvgIpc) is 2.27. The number of methoxy groups -OCH3 is 1. The number of nitrogens with one attached hydrogen (secondary N) is 2. The SMILES string of the molecule is COc1ccc2c(c1)NC(CC(C)C)CN2. The van der Waals surface area contributed by atoms with Gasteiger partial charge in [-0.3, -0.25) is 0 Å². The third kappa shape index (κ3) is 2.40. The van der Waals surface area contributed by atoms with Crippen LogP contribution in [0.5, 0.6) is 5.75 Å². The van der Waals surface area contributed by atoms with E-state index in [4.69, 9.17) is 4.74 Å². The third-order valence-electron chi connectivity index (χ3n) is 2.88. The minimum atomic E-state index is 0.514. The van der Waals surface area contributed by atoms with E-state index in [1.165, 1.54) is 12.1 Å². The Bertz CT molecular complexity index is 363. The van der Waals surface area contributed by atoms with Gasteiger partial charge in [0.2, 0.25) is 0 Å². The average molecular weight is 220 g/mol. The number of benzene rings is 1. The van der Waals surface area contributed by atoms with Gasteiger partial charge in [-0.15, -0.1) is 0 Å². The minimum absolute atomic E-state index is 0.514. The van der Waals surface area contributed by atoms with Gasteiger partial charge in [0, 0.05) is 18.7 Å². The van der Waals surface area contributed by atoms with E-state index in [-0.39, 0.29) is 0 Å². The summed E-state index contributed by atoms with van der Waals surface area (Å²) in [5.74, 6) is 1.62. The van der Waals surface area contributed by atoms with Crippen LogP contribution in [0.1, 0.15) is 20.3 Å². The van der Waals surface area contributed by atoms with E-state index in [2.05, 4.69) is 36.6 Å². The van der Waals surface area contributed by atoms with Crippen LogP contribution >= 0.6 is 0 Å². The molecule has 0 amide bonds. The Labute approximate surface area is 97.2 Å². The van der Waals surface area contributed by atoms with Crippen molar-refractivity contribution in [1.82, 2.24) is 0 Å². The second kappa shape index (κ2) is 4.64. The maximum Gasteiger partial charge on any atom is 0.121 e. The fraction of sp³-hybridized carbons (Fsp3) is 0.538. The fourth-order valence-corrected chi connectivity index (χ4v) is 2.14. The molecule has 16 heavy (non-hydrogen) atoms. The number of anilines is 2. The van der Waals surface area contributed by atoms with E-state index >= 15 is 0 Å². The van der Waals surface area contributed by atoms with Crippen molar-refractivity contribution in [3.05, 3.63) is 18.2 Å². The first-order valence-corrected chi connectivity index (χ1v) is 5.87. The molecule has 2 N–H and O–H groups in total. The standard InChI is InChI=1S/C13H20N2O/c1-9(2)6-10-8-14-12-5-4-11(16-3)7-13(12)15-10/h4-5,7,9-10,14-15H,6,8H2,1-3H3. The van der Waals surface area contributed by atoms with E-state index in [0.29, 0.717) is 12.0 Å². The molecule has 1 heterocycles. The molecule has 0 spiro atoms. The highest BCUT2D eigenvalue weighted by Gasteiger charge is 2.18. The van der Waals surface area contributed by atoms with Crippen molar-refractivity contribution < 1.29 is 4.74 Å². The molecule has 3 heteroatoms. The van der Waals surface area contributed by atoms with Gasteiger partial charge in [0.25, 0.3) is 0 Å². The van der Waals surface area contributed by atoms with Crippen molar-refractivity contribution in [2.24, 2.45) is 5.92 Å². The monoisotopic (exact) mass is 220 g/mol. The second-order valence-electron chi connectivity index (χ2n) is 4.76. The first-order chi connectivity index (χ1) is 7.69.